The van der Waals surface area contributed by atoms with Gasteiger partial charge in [0.25, 0.3) is 0 Å². The summed E-state index contributed by atoms with van der Waals surface area (Å²) in [4.78, 5) is 4.99. The maximum atomic E-state index is 7.04. The summed E-state index contributed by atoms with van der Waals surface area (Å²) in [6.07, 6.45) is 1.96. The summed E-state index contributed by atoms with van der Waals surface area (Å²) in [5, 5.41) is 2.37. The molecule has 0 spiro atoms. The zero-order chi connectivity index (χ0) is 43.0. The van der Waals surface area contributed by atoms with Crippen LogP contribution in [0.1, 0.15) is 119 Å². The zero-order valence-corrected chi connectivity index (χ0v) is 38.3. The van der Waals surface area contributed by atoms with Gasteiger partial charge in [0.1, 0.15) is 17.3 Å². The van der Waals surface area contributed by atoms with E-state index in [0.717, 1.165) is 28.4 Å². The van der Waals surface area contributed by atoms with Crippen LogP contribution < -0.4 is 13.9 Å². The van der Waals surface area contributed by atoms with Crippen LogP contribution in [0.15, 0.2) is 121 Å². The Morgan fingerprint density at radius 1 is 0.483 bits per heavy atom. The number of nitrogens with zero attached hydrogens (tertiary/aromatic N) is 4. The second-order valence-electron chi connectivity index (χ2n) is 22.1. The lowest BCUT2D eigenvalue weighted by Crippen LogP contribution is -2.47. The lowest BCUT2D eigenvalue weighted by molar-refractivity contribution is 0.225. The Kier molecular flexibility index (Phi) is 8.64. The SMILES string of the molecule is CC(C)(C)c1cc(Oc2ccc3c4ccccc4n(-c4cc(C(C)(C)C(C)(C)C)ccn4)c3c2)cc([N+]23[CH-][N@+]2(c2cccc(C(C)(C)C)c2)c2cc(C(C)(C)C)ccc23)c1. The molecular formula is C55H63N4O+. The van der Waals surface area contributed by atoms with Crippen molar-refractivity contribution in [3.05, 3.63) is 150 Å². The van der Waals surface area contributed by atoms with Crippen molar-refractivity contribution in [3.8, 4) is 17.3 Å². The topological polar surface area (TPSA) is 27.1 Å². The first-order valence-corrected chi connectivity index (χ1v) is 21.7. The van der Waals surface area contributed by atoms with Gasteiger partial charge in [0, 0.05) is 59.4 Å². The Bertz CT molecular complexity index is 2850. The van der Waals surface area contributed by atoms with Crippen LogP contribution in [-0.2, 0) is 21.7 Å². The first kappa shape index (κ1) is 40.2. The summed E-state index contributed by atoms with van der Waals surface area (Å²) in [6.45, 7) is 34.8. The Balaban J connectivity index is 1.19. The van der Waals surface area contributed by atoms with Gasteiger partial charge >= 0.3 is 0 Å². The first-order chi connectivity index (χ1) is 28.0. The number of ether oxygens (including phenoxy) is 1. The smallest absolute Gasteiger partial charge is 0.225 e. The number of hydrogen-bond donors (Lipinski definition) is 0. The van der Waals surface area contributed by atoms with Crippen LogP contribution in [0.4, 0.5) is 22.7 Å². The zero-order valence-electron chi connectivity index (χ0n) is 38.3. The van der Waals surface area contributed by atoms with Gasteiger partial charge in [-0.15, -0.1) is 0 Å². The quantitative estimate of drug-likeness (QED) is 0.0952. The van der Waals surface area contributed by atoms with E-state index in [1.165, 1.54) is 55.8 Å². The fourth-order valence-electron chi connectivity index (χ4n) is 9.18. The molecule has 0 radical (unpaired) electrons. The van der Waals surface area contributed by atoms with E-state index in [4.69, 9.17) is 9.72 Å². The Morgan fingerprint density at radius 3 is 1.83 bits per heavy atom. The van der Waals surface area contributed by atoms with Crippen LogP contribution >= 0.6 is 0 Å². The predicted octanol–water partition coefficient (Wildman–Crippen LogP) is 15.5. The lowest BCUT2D eigenvalue weighted by Gasteiger charge is -2.41. The van der Waals surface area contributed by atoms with Crippen LogP contribution in [0.5, 0.6) is 11.5 Å². The van der Waals surface area contributed by atoms with Crippen molar-refractivity contribution in [1.82, 2.24) is 18.7 Å². The van der Waals surface area contributed by atoms with Crippen LogP contribution in [0, 0.1) is 12.1 Å². The molecule has 2 aliphatic heterocycles. The van der Waals surface area contributed by atoms with E-state index in [-0.39, 0.29) is 27.1 Å². The van der Waals surface area contributed by atoms with E-state index in [0.29, 0.717) is 9.18 Å². The molecule has 5 aromatic carbocycles. The molecular weight excluding hydrogens is 733 g/mol. The maximum absolute atomic E-state index is 7.04. The highest BCUT2D eigenvalue weighted by molar-refractivity contribution is 6.09. The molecule has 0 N–H and O–H groups in total. The number of benzene rings is 5. The third-order valence-electron chi connectivity index (χ3n) is 14.1. The summed E-state index contributed by atoms with van der Waals surface area (Å²) in [7, 11) is 0. The van der Waals surface area contributed by atoms with Crippen molar-refractivity contribution < 1.29 is 4.74 Å². The molecule has 4 heterocycles. The van der Waals surface area contributed by atoms with Gasteiger partial charge in [0.05, 0.1) is 11.0 Å². The fraction of sp³-hybridized carbons (Fsp3) is 0.345. The van der Waals surface area contributed by atoms with E-state index in [2.05, 4.69) is 223 Å². The molecule has 9 rings (SSSR count). The average Bonchev–Trinajstić information content (AvgIpc) is 3.67. The van der Waals surface area contributed by atoms with Crippen molar-refractivity contribution in [2.45, 2.75) is 119 Å². The minimum Gasteiger partial charge on any atom is -0.457 e. The van der Waals surface area contributed by atoms with E-state index in [9.17, 15) is 0 Å². The second-order valence-corrected chi connectivity index (χ2v) is 22.1. The number of para-hydroxylation sites is 1. The third-order valence-corrected chi connectivity index (χ3v) is 14.1. The highest BCUT2D eigenvalue weighted by Gasteiger charge is 2.78. The van der Waals surface area contributed by atoms with Crippen LogP contribution in [0.25, 0.3) is 27.6 Å². The molecule has 5 nitrogen and oxygen atoms in total. The van der Waals surface area contributed by atoms with Crippen LogP contribution in [0.2, 0.25) is 0 Å². The molecule has 0 bridgehead atoms. The Labute approximate surface area is 358 Å². The maximum Gasteiger partial charge on any atom is 0.225 e. The summed E-state index contributed by atoms with van der Waals surface area (Å²) in [5.74, 6) is 2.54. The molecule has 7 aromatic rings. The highest BCUT2D eigenvalue weighted by atomic mass is 16.5. The monoisotopic (exact) mass is 795 g/mol. The number of hydrogen-bond acceptors (Lipinski definition) is 2. The van der Waals surface area contributed by atoms with Gasteiger partial charge < -0.3 is 4.74 Å². The van der Waals surface area contributed by atoms with E-state index in [1.807, 2.05) is 6.20 Å². The van der Waals surface area contributed by atoms with Gasteiger partial charge in [-0.1, -0.05) is 133 Å². The number of pyridine rings is 1. The third kappa shape index (κ3) is 5.98. The van der Waals surface area contributed by atoms with Crippen LogP contribution in [0.3, 0.4) is 0 Å². The molecule has 308 valence electrons. The molecule has 1 saturated heterocycles. The lowest BCUT2D eigenvalue weighted by atomic mass is 9.65. The molecule has 0 aliphatic carbocycles. The molecule has 2 aromatic heterocycles. The summed E-state index contributed by atoms with van der Waals surface area (Å²) in [6, 6.07) is 43.0. The van der Waals surface area contributed by atoms with Crippen molar-refractivity contribution in [3.63, 3.8) is 0 Å². The molecule has 1 fully saturated rings. The fourth-order valence-corrected chi connectivity index (χ4v) is 9.18. The molecule has 1 unspecified atom stereocenters. The number of rotatable bonds is 6. The Hall–Kier alpha value is -5.23. The molecule has 60 heavy (non-hydrogen) atoms. The molecule has 5 heteroatoms. The minimum atomic E-state index is -0.109. The summed E-state index contributed by atoms with van der Waals surface area (Å²) < 4.78 is 10.6. The van der Waals surface area contributed by atoms with Crippen molar-refractivity contribution >= 4 is 44.6 Å². The normalized spacial score (nSPS) is 19.2. The van der Waals surface area contributed by atoms with E-state index >= 15 is 0 Å². The van der Waals surface area contributed by atoms with Crippen molar-refractivity contribution in [2.75, 3.05) is 0 Å². The predicted molar refractivity (Wildman–Crippen MR) is 254 cm³/mol. The number of fused-ring (bicyclic) bond motifs is 7. The average molecular weight is 796 g/mol. The Morgan fingerprint density at radius 2 is 1.13 bits per heavy atom. The van der Waals surface area contributed by atoms with Gasteiger partial charge in [-0.05, 0) is 85.7 Å². The van der Waals surface area contributed by atoms with Gasteiger partial charge in [0.15, 0.2) is 18.0 Å². The van der Waals surface area contributed by atoms with E-state index < -0.39 is 0 Å². The van der Waals surface area contributed by atoms with Gasteiger partial charge in [-0.25, -0.2) is 4.98 Å². The van der Waals surface area contributed by atoms with Crippen molar-refractivity contribution in [1.29, 1.82) is 0 Å². The molecule has 0 amide bonds. The first-order valence-electron chi connectivity index (χ1n) is 21.7. The second kappa shape index (κ2) is 12.9. The minimum absolute atomic E-state index is 0.0306. The largest absolute Gasteiger partial charge is 0.457 e. The summed E-state index contributed by atoms with van der Waals surface area (Å²) in [5.41, 5.74) is 12.5. The molecule has 0 saturated carbocycles. The summed E-state index contributed by atoms with van der Waals surface area (Å²) >= 11 is 0. The standard InChI is InChI=1S/C55H63N4O/c1-51(2,3)36-18-17-19-40(28-36)58-35-59(58,48-25-22-37(31-49(48)58)52(4,5)6)41-29-39(53(7,8)9)30-43(33-41)60-42-23-24-45-44-20-15-16-21-46(44)57(47(45)34-42)50-32-38(26-27-56-50)55(13,14)54(10,11)12/h15-35H,1-14H3/q+1/t58-,59?/m0/s1. The van der Waals surface area contributed by atoms with Crippen molar-refractivity contribution in [2.24, 2.45) is 5.41 Å². The highest BCUT2D eigenvalue weighted by Crippen LogP contribution is 2.76. The molecule has 2 aliphatic rings. The molecule has 2 atom stereocenters. The van der Waals surface area contributed by atoms with Gasteiger partial charge in [-0.3, -0.25) is 4.57 Å². The van der Waals surface area contributed by atoms with Gasteiger partial charge in [-0.2, -0.15) is 9.18 Å². The van der Waals surface area contributed by atoms with E-state index in [1.54, 1.807) is 0 Å². The van der Waals surface area contributed by atoms with Gasteiger partial charge in [0.2, 0.25) is 11.4 Å². The number of aromatic nitrogens is 2. The van der Waals surface area contributed by atoms with Crippen LogP contribution in [-0.4, -0.2) is 9.55 Å². The number of quaternary nitrogens is 2.